The van der Waals surface area contributed by atoms with Crippen molar-refractivity contribution in [2.24, 2.45) is 0 Å². The molecular formula is C14H16N2O. The second-order valence-electron chi connectivity index (χ2n) is 3.98. The first-order valence-corrected chi connectivity index (χ1v) is 5.75. The number of rotatable bonds is 3. The Morgan fingerprint density at radius 1 is 1.29 bits per heavy atom. The van der Waals surface area contributed by atoms with Crippen molar-refractivity contribution in [3.05, 3.63) is 53.3 Å². The Hall–Kier alpha value is -2.03. The number of aryl methyl sites for hydroxylation is 2. The molecule has 0 saturated heterocycles. The zero-order valence-corrected chi connectivity index (χ0v) is 10.1. The van der Waals surface area contributed by atoms with E-state index >= 15 is 0 Å². The summed E-state index contributed by atoms with van der Waals surface area (Å²) in [6, 6.07) is 9.66. The summed E-state index contributed by atoms with van der Waals surface area (Å²) < 4.78 is 0. The lowest BCUT2D eigenvalue weighted by atomic mass is 10.1. The minimum Gasteiger partial charge on any atom is -0.365 e. The van der Waals surface area contributed by atoms with Gasteiger partial charge in [-0.1, -0.05) is 25.1 Å². The van der Waals surface area contributed by atoms with E-state index < -0.39 is 0 Å². The number of hydrogen-bond donors (Lipinski definition) is 2. The van der Waals surface area contributed by atoms with Crippen molar-refractivity contribution in [1.29, 1.82) is 0 Å². The van der Waals surface area contributed by atoms with Crippen LogP contribution in [-0.2, 0) is 6.42 Å². The van der Waals surface area contributed by atoms with E-state index in [2.05, 4.69) is 17.2 Å². The molecule has 0 fully saturated rings. The third kappa shape index (κ3) is 2.38. The fraction of sp³-hybridized carbons (Fsp3) is 0.214. The molecular weight excluding hydrogens is 212 g/mol. The topological polar surface area (TPSA) is 44.9 Å². The summed E-state index contributed by atoms with van der Waals surface area (Å²) in [5.74, 6) is -0.0651. The molecule has 0 aliphatic carbocycles. The average molecular weight is 228 g/mol. The van der Waals surface area contributed by atoms with Gasteiger partial charge in [0, 0.05) is 17.6 Å². The van der Waals surface area contributed by atoms with Gasteiger partial charge in [0.1, 0.15) is 0 Å². The maximum Gasteiger partial charge on any atom is 0.257 e. The summed E-state index contributed by atoms with van der Waals surface area (Å²) in [5.41, 5.74) is 3.61. The Kier molecular flexibility index (Phi) is 3.28. The van der Waals surface area contributed by atoms with E-state index in [1.54, 1.807) is 12.3 Å². The number of benzene rings is 1. The summed E-state index contributed by atoms with van der Waals surface area (Å²) in [6.45, 7) is 3.97. The number of H-pyrrole nitrogens is 1. The highest BCUT2D eigenvalue weighted by Gasteiger charge is 2.10. The largest absolute Gasteiger partial charge is 0.365 e. The van der Waals surface area contributed by atoms with Crippen LogP contribution in [0.2, 0.25) is 0 Å². The molecule has 2 rings (SSSR count). The molecule has 2 N–H and O–H groups in total. The van der Waals surface area contributed by atoms with Crippen LogP contribution in [0.4, 0.5) is 5.69 Å². The highest BCUT2D eigenvalue weighted by Crippen LogP contribution is 2.17. The zero-order valence-electron chi connectivity index (χ0n) is 10.1. The van der Waals surface area contributed by atoms with Gasteiger partial charge in [0.2, 0.25) is 0 Å². The molecule has 0 bridgehead atoms. The van der Waals surface area contributed by atoms with Crippen molar-refractivity contribution in [2.75, 3.05) is 5.32 Å². The predicted molar refractivity (Wildman–Crippen MR) is 69.3 cm³/mol. The van der Waals surface area contributed by atoms with Crippen LogP contribution in [0, 0.1) is 6.92 Å². The molecule has 0 aliphatic heterocycles. The Morgan fingerprint density at radius 3 is 2.71 bits per heavy atom. The second kappa shape index (κ2) is 4.87. The van der Waals surface area contributed by atoms with E-state index in [1.807, 2.05) is 31.2 Å². The van der Waals surface area contributed by atoms with Crippen molar-refractivity contribution in [3.63, 3.8) is 0 Å². The molecule has 0 saturated carbocycles. The number of hydrogen-bond acceptors (Lipinski definition) is 1. The van der Waals surface area contributed by atoms with Crippen LogP contribution in [0.25, 0.3) is 0 Å². The Bertz CT molecular complexity index is 529. The number of amides is 1. The molecule has 17 heavy (non-hydrogen) atoms. The molecule has 3 heteroatoms. The van der Waals surface area contributed by atoms with E-state index in [0.29, 0.717) is 5.56 Å². The lowest BCUT2D eigenvalue weighted by molar-refractivity contribution is 0.102. The summed E-state index contributed by atoms with van der Waals surface area (Å²) in [7, 11) is 0. The summed E-state index contributed by atoms with van der Waals surface area (Å²) in [6.07, 6.45) is 2.68. The highest BCUT2D eigenvalue weighted by molar-refractivity contribution is 6.05. The normalized spacial score (nSPS) is 10.2. The number of aromatic amines is 1. The lowest BCUT2D eigenvalue weighted by Gasteiger charge is -2.09. The maximum atomic E-state index is 12.0. The lowest BCUT2D eigenvalue weighted by Crippen LogP contribution is -2.13. The third-order valence-corrected chi connectivity index (χ3v) is 2.84. The number of para-hydroxylation sites is 1. The molecule has 0 spiro atoms. The first-order chi connectivity index (χ1) is 8.22. The van der Waals surface area contributed by atoms with Gasteiger partial charge in [0.05, 0.1) is 5.56 Å². The highest BCUT2D eigenvalue weighted by atomic mass is 16.1. The van der Waals surface area contributed by atoms with Crippen LogP contribution in [0.5, 0.6) is 0 Å². The minimum atomic E-state index is -0.0651. The van der Waals surface area contributed by atoms with Crippen LogP contribution in [0.3, 0.4) is 0 Å². The SMILES string of the molecule is CCc1ccccc1NC(=O)c1cc[nH]c1C. The fourth-order valence-electron chi connectivity index (χ4n) is 1.84. The van der Waals surface area contributed by atoms with Gasteiger partial charge in [0.15, 0.2) is 0 Å². The van der Waals surface area contributed by atoms with Gasteiger partial charge in [-0.3, -0.25) is 4.79 Å². The summed E-state index contributed by atoms with van der Waals surface area (Å²) in [5, 5.41) is 2.95. The third-order valence-electron chi connectivity index (χ3n) is 2.84. The number of anilines is 1. The van der Waals surface area contributed by atoms with Crippen molar-refractivity contribution in [1.82, 2.24) is 4.98 Å². The smallest absolute Gasteiger partial charge is 0.257 e. The average Bonchev–Trinajstić information content (AvgIpc) is 2.76. The van der Waals surface area contributed by atoms with Crippen LogP contribution >= 0.6 is 0 Å². The molecule has 1 amide bonds. The number of aromatic nitrogens is 1. The number of carbonyl (C=O) groups excluding carboxylic acids is 1. The molecule has 1 heterocycles. The molecule has 3 nitrogen and oxygen atoms in total. The van der Waals surface area contributed by atoms with Gasteiger partial charge >= 0.3 is 0 Å². The van der Waals surface area contributed by atoms with E-state index in [-0.39, 0.29) is 5.91 Å². The fourth-order valence-corrected chi connectivity index (χ4v) is 1.84. The van der Waals surface area contributed by atoms with Gasteiger partial charge in [-0.25, -0.2) is 0 Å². The Labute approximate surface area is 101 Å². The van der Waals surface area contributed by atoms with Crippen LogP contribution in [0.1, 0.15) is 28.5 Å². The molecule has 0 atom stereocenters. The summed E-state index contributed by atoms with van der Waals surface area (Å²) >= 11 is 0. The van der Waals surface area contributed by atoms with Crippen molar-refractivity contribution in [3.8, 4) is 0 Å². The van der Waals surface area contributed by atoms with Crippen LogP contribution in [0.15, 0.2) is 36.5 Å². The molecule has 0 unspecified atom stereocenters. The van der Waals surface area contributed by atoms with Gasteiger partial charge in [-0.2, -0.15) is 0 Å². The minimum absolute atomic E-state index is 0.0651. The monoisotopic (exact) mass is 228 g/mol. The standard InChI is InChI=1S/C14H16N2O/c1-3-11-6-4-5-7-13(11)16-14(17)12-8-9-15-10(12)2/h4-9,15H,3H2,1-2H3,(H,16,17). The van der Waals surface area contributed by atoms with Crippen LogP contribution < -0.4 is 5.32 Å². The van der Waals surface area contributed by atoms with E-state index in [1.165, 1.54) is 0 Å². The maximum absolute atomic E-state index is 12.0. The zero-order chi connectivity index (χ0) is 12.3. The van der Waals surface area contributed by atoms with E-state index in [4.69, 9.17) is 0 Å². The first-order valence-electron chi connectivity index (χ1n) is 5.75. The van der Waals surface area contributed by atoms with Crippen molar-refractivity contribution < 1.29 is 4.79 Å². The molecule has 1 aromatic heterocycles. The second-order valence-corrected chi connectivity index (χ2v) is 3.98. The van der Waals surface area contributed by atoms with E-state index in [9.17, 15) is 4.79 Å². The molecule has 88 valence electrons. The van der Waals surface area contributed by atoms with Gasteiger partial charge < -0.3 is 10.3 Å². The molecule has 0 aliphatic rings. The molecule has 1 aromatic carbocycles. The van der Waals surface area contributed by atoms with Gasteiger partial charge in [-0.05, 0) is 31.0 Å². The van der Waals surface area contributed by atoms with E-state index in [0.717, 1.165) is 23.4 Å². The van der Waals surface area contributed by atoms with Crippen molar-refractivity contribution in [2.45, 2.75) is 20.3 Å². The Balaban J connectivity index is 2.22. The van der Waals surface area contributed by atoms with Crippen molar-refractivity contribution >= 4 is 11.6 Å². The summed E-state index contributed by atoms with van der Waals surface area (Å²) in [4.78, 5) is 15.0. The number of carbonyl (C=O) groups is 1. The predicted octanol–water partition coefficient (Wildman–Crippen LogP) is 3.14. The Morgan fingerprint density at radius 2 is 2.06 bits per heavy atom. The van der Waals surface area contributed by atoms with Gasteiger partial charge in [-0.15, -0.1) is 0 Å². The van der Waals surface area contributed by atoms with Crippen LogP contribution in [-0.4, -0.2) is 10.9 Å². The van der Waals surface area contributed by atoms with Gasteiger partial charge in [0.25, 0.3) is 5.91 Å². The molecule has 0 radical (unpaired) electrons. The quantitative estimate of drug-likeness (QED) is 0.832. The first kappa shape index (κ1) is 11.5. The molecule has 2 aromatic rings. The number of nitrogens with one attached hydrogen (secondary N) is 2.